The molecule has 0 saturated heterocycles. The highest BCUT2D eigenvalue weighted by molar-refractivity contribution is 9.10. The second-order valence-corrected chi connectivity index (χ2v) is 5.38. The topological polar surface area (TPSA) is 21.3 Å². The molecule has 0 aromatic heterocycles. The van der Waals surface area contributed by atoms with Crippen molar-refractivity contribution >= 4 is 15.9 Å². The molecule has 0 heterocycles. The number of hydrogen-bond donors (Lipinski definition) is 1. The molecule has 0 aliphatic carbocycles. The van der Waals surface area contributed by atoms with E-state index in [4.69, 9.17) is 4.74 Å². The van der Waals surface area contributed by atoms with Crippen molar-refractivity contribution in [1.82, 2.24) is 5.32 Å². The summed E-state index contributed by atoms with van der Waals surface area (Å²) in [4.78, 5) is 0. The smallest absolute Gasteiger partial charge is 0.165 e. The normalized spacial score (nSPS) is 10.6. The van der Waals surface area contributed by atoms with Gasteiger partial charge in [0.15, 0.2) is 11.6 Å². The second-order valence-electron chi connectivity index (χ2n) is 4.46. The van der Waals surface area contributed by atoms with Gasteiger partial charge in [0.1, 0.15) is 6.61 Å². The van der Waals surface area contributed by atoms with Gasteiger partial charge < -0.3 is 10.1 Å². The molecule has 0 amide bonds. The molecule has 0 fully saturated rings. The lowest BCUT2D eigenvalue weighted by Crippen LogP contribution is -2.11. The maximum Gasteiger partial charge on any atom is 0.165 e. The first-order valence-corrected chi connectivity index (χ1v) is 7.34. The van der Waals surface area contributed by atoms with E-state index >= 15 is 0 Å². The van der Waals surface area contributed by atoms with Gasteiger partial charge in [-0.2, -0.15) is 0 Å². The van der Waals surface area contributed by atoms with E-state index in [1.165, 1.54) is 11.6 Å². The first-order valence-electron chi connectivity index (χ1n) is 6.55. The summed E-state index contributed by atoms with van der Waals surface area (Å²) in [7, 11) is 0. The molecule has 4 heteroatoms. The van der Waals surface area contributed by atoms with E-state index in [9.17, 15) is 4.39 Å². The van der Waals surface area contributed by atoms with E-state index in [0.29, 0.717) is 6.61 Å². The Morgan fingerprint density at radius 3 is 2.50 bits per heavy atom. The fourth-order valence-corrected chi connectivity index (χ4v) is 2.11. The molecule has 0 bridgehead atoms. The van der Waals surface area contributed by atoms with Gasteiger partial charge in [0.05, 0.1) is 0 Å². The zero-order valence-corrected chi connectivity index (χ0v) is 12.9. The van der Waals surface area contributed by atoms with Gasteiger partial charge in [-0.05, 0) is 35.9 Å². The number of benzene rings is 2. The Balaban J connectivity index is 1.95. The average molecular weight is 338 g/mol. The van der Waals surface area contributed by atoms with Gasteiger partial charge in [0, 0.05) is 11.0 Å². The van der Waals surface area contributed by atoms with E-state index in [1.807, 2.05) is 12.1 Å². The maximum absolute atomic E-state index is 13.5. The van der Waals surface area contributed by atoms with Crippen LogP contribution in [-0.4, -0.2) is 6.54 Å². The van der Waals surface area contributed by atoms with E-state index < -0.39 is 0 Å². The van der Waals surface area contributed by atoms with Gasteiger partial charge in [-0.1, -0.05) is 47.1 Å². The van der Waals surface area contributed by atoms with Crippen molar-refractivity contribution in [2.24, 2.45) is 0 Å². The van der Waals surface area contributed by atoms with Gasteiger partial charge in [-0.3, -0.25) is 0 Å². The van der Waals surface area contributed by atoms with E-state index in [2.05, 4.69) is 40.3 Å². The Kier molecular flexibility index (Phi) is 5.56. The Morgan fingerprint density at radius 2 is 1.80 bits per heavy atom. The minimum atomic E-state index is -0.350. The van der Waals surface area contributed by atoms with Crippen LogP contribution in [0.5, 0.6) is 5.75 Å². The number of halogens is 2. The average Bonchev–Trinajstić information content (AvgIpc) is 2.47. The molecule has 1 N–H and O–H groups in total. The SMILES string of the molecule is CCNCc1ccc(COc2cc(Br)ccc2F)cc1. The molecule has 0 aliphatic rings. The summed E-state index contributed by atoms with van der Waals surface area (Å²) in [6.45, 7) is 4.24. The van der Waals surface area contributed by atoms with Crippen LogP contribution in [0.25, 0.3) is 0 Å². The summed E-state index contributed by atoms with van der Waals surface area (Å²) in [6.07, 6.45) is 0. The molecule has 0 saturated carbocycles. The van der Waals surface area contributed by atoms with Crippen LogP contribution in [0.3, 0.4) is 0 Å². The molecule has 0 radical (unpaired) electrons. The van der Waals surface area contributed by atoms with E-state index in [-0.39, 0.29) is 11.6 Å². The van der Waals surface area contributed by atoms with Crippen LogP contribution in [0, 0.1) is 5.82 Å². The van der Waals surface area contributed by atoms with Crippen molar-refractivity contribution in [3.05, 3.63) is 63.9 Å². The summed E-state index contributed by atoms with van der Waals surface area (Å²) in [6, 6.07) is 12.8. The number of hydrogen-bond acceptors (Lipinski definition) is 2. The summed E-state index contributed by atoms with van der Waals surface area (Å²) < 4.78 is 19.8. The molecular formula is C16H17BrFNO. The molecular weight excluding hydrogens is 321 g/mol. The third kappa shape index (κ3) is 4.32. The van der Waals surface area contributed by atoms with Gasteiger partial charge >= 0.3 is 0 Å². The van der Waals surface area contributed by atoms with Gasteiger partial charge in [0.2, 0.25) is 0 Å². The summed E-state index contributed by atoms with van der Waals surface area (Å²) in [5.74, 6) is -0.0898. The first kappa shape index (κ1) is 15.0. The highest BCUT2D eigenvalue weighted by Gasteiger charge is 2.04. The fraction of sp³-hybridized carbons (Fsp3) is 0.250. The summed E-state index contributed by atoms with van der Waals surface area (Å²) in [5.41, 5.74) is 2.24. The molecule has 0 atom stereocenters. The van der Waals surface area contributed by atoms with Crippen LogP contribution in [0.4, 0.5) is 4.39 Å². The number of nitrogens with one attached hydrogen (secondary N) is 1. The highest BCUT2D eigenvalue weighted by Crippen LogP contribution is 2.23. The lowest BCUT2D eigenvalue weighted by Gasteiger charge is -2.08. The largest absolute Gasteiger partial charge is 0.486 e. The second kappa shape index (κ2) is 7.41. The predicted octanol–water partition coefficient (Wildman–Crippen LogP) is 4.28. The van der Waals surface area contributed by atoms with Crippen LogP contribution in [0.15, 0.2) is 46.9 Å². The van der Waals surface area contributed by atoms with Crippen molar-refractivity contribution in [1.29, 1.82) is 0 Å². The van der Waals surface area contributed by atoms with E-state index in [0.717, 1.165) is 23.1 Å². The van der Waals surface area contributed by atoms with Crippen molar-refractivity contribution in [3.63, 3.8) is 0 Å². The van der Waals surface area contributed by atoms with E-state index in [1.54, 1.807) is 12.1 Å². The summed E-state index contributed by atoms with van der Waals surface area (Å²) >= 11 is 3.30. The van der Waals surface area contributed by atoms with Gasteiger partial charge in [-0.15, -0.1) is 0 Å². The zero-order chi connectivity index (χ0) is 14.4. The molecule has 2 aromatic carbocycles. The highest BCUT2D eigenvalue weighted by atomic mass is 79.9. The quantitative estimate of drug-likeness (QED) is 0.849. The third-order valence-corrected chi connectivity index (χ3v) is 3.38. The molecule has 0 unspecified atom stereocenters. The third-order valence-electron chi connectivity index (χ3n) is 2.89. The minimum absolute atomic E-state index is 0.260. The molecule has 2 nitrogen and oxygen atoms in total. The molecule has 106 valence electrons. The Bertz CT molecular complexity index is 557. The van der Waals surface area contributed by atoms with Crippen molar-refractivity contribution in [2.75, 3.05) is 6.54 Å². The molecule has 20 heavy (non-hydrogen) atoms. The van der Waals surface area contributed by atoms with Crippen LogP contribution in [-0.2, 0) is 13.2 Å². The number of ether oxygens (including phenoxy) is 1. The Labute approximate surface area is 127 Å². The molecule has 2 aromatic rings. The number of rotatable bonds is 6. The Hall–Kier alpha value is -1.39. The van der Waals surface area contributed by atoms with Crippen LogP contribution in [0.2, 0.25) is 0 Å². The standard InChI is InChI=1S/C16H17BrFNO/c1-2-19-10-12-3-5-13(6-4-12)11-20-16-9-14(17)7-8-15(16)18/h3-9,19H,2,10-11H2,1H3. The monoisotopic (exact) mass is 337 g/mol. The van der Waals surface area contributed by atoms with Crippen molar-refractivity contribution in [3.8, 4) is 5.75 Å². The lowest BCUT2D eigenvalue weighted by atomic mass is 10.1. The van der Waals surface area contributed by atoms with Crippen LogP contribution in [0.1, 0.15) is 18.1 Å². The molecule has 0 aliphatic heterocycles. The summed E-state index contributed by atoms with van der Waals surface area (Å²) in [5, 5.41) is 3.27. The molecule has 2 rings (SSSR count). The molecule has 0 spiro atoms. The minimum Gasteiger partial charge on any atom is -0.486 e. The zero-order valence-electron chi connectivity index (χ0n) is 11.3. The van der Waals surface area contributed by atoms with Gasteiger partial charge in [0.25, 0.3) is 0 Å². The lowest BCUT2D eigenvalue weighted by molar-refractivity contribution is 0.290. The predicted molar refractivity (Wildman–Crippen MR) is 82.3 cm³/mol. The van der Waals surface area contributed by atoms with Gasteiger partial charge in [-0.25, -0.2) is 4.39 Å². The van der Waals surface area contributed by atoms with Crippen LogP contribution >= 0.6 is 15.9 Å². The fourth-order valence-electron chi connectivity index (χ4n) is 1.77. The van der Waals surface area contributed by atoms with Crippen molar-refractivity contribution in [2.45, 2.75) is 20.1 Å². The van der Waals surface area contributed by atoms with Crippen molar-refractivity contribution < 1.29 is 9.13 Å². The Morgan fingerprint density at radius 1 is 1.10 bits per heavy atom. The maximum atomic E-state index is 13.5. The first-order chi connectivity index (χ1) is 9.69. The van der Waals surface area contributed by atoms with Crippen LogP contribution < -0.4 is 10.1 Å².